The third-order valence-corrected chi connectivity index (χ3v) is 4.71. The Morgan fingerprint density at radius 2 is 2.05 bits per heavy atom. The predicted octanol–water partition coefficient (Wildman–Crippen LogP) is 4.07. The fraction of sp³-hybridized carbons (Fsp3) is 0.438. The van der Waals surface area contributed by atoms with Gasteiger partial charge >= 0.3 is 0 Å². The predicted molar refractivity (Wildman–Crippen MR) is 87.9 cm³/mol. The van der Waals surface area contributed by atoms with Crippen molar-refractivity contribution in [2.45, 2.75) is 37.6 Å². The Bertz CT molecular complexity index is 606. The number of nitrogens with zero attached hydrogens (tertiary/aromatic N) is 1. The summed E-state index contributed by atoms with van der Waals surface area (Å²) >= 11 is 3.48. The average molecular weight is 334 g/mol. The molecule has 0 aliphatic heterocycles. The molecule has 0 atom stereocenters. The van der Waals surface area contributed by atoms with Crippen molar-refractivity contribution >= 4 is 32.5 Å². The quantitative estimate of drug-likeness (QED) is 0.890. The van der Waals surface area contributed by atoms with Gasteiger partial charge < -0.3 is 11.1 Å². The number of aromatic nitrogens is 1. The average Bonchev–Trinajstić information content (AvgIpc) is 2.48. The van der Waals surface area contributed by atoms with Crippen LogP contribution in [0.15, 0.2) is 34.9 Å². The molecule has 1 heterocycles. The summed E-state index contributed by atoms with van der Waals surface area (Å²) in [6.45, 7) is 0.680. The van der Waals surface area contributed by atoms with E-state index in [1.54, 1.807) is 0 Å². The number of benzene rings is 1. The Kier molecular flexibility index (Phi) is 3.94. The minimum Gasteiger partial charge on any atom is -0.377 e. The zero-order valence-electron chi connectivity index (χ0n) is 11.5. The number of fused-ring (bicyclic) bond motifs is 1. The normalized spacial score (nSPS) is 18.1. The monoisotopic (exact) mass is 333 g/mol. The Balaban J connectivity index is 1.97. The van der Waals surface area contributed by atoms with E-state index in [9.17, 15) is 0 Å². The van der Waals surface area contributed by atoms with Crippen LogP contribution in [0.4, 0.5) is 5.69 Å². The summed E-state index contributed by atoms with van der Waals surface area (Å²) in [7, 11) is 0. The van der Waals surface area contributed by atoms with E-state index in [1.165, 1.54) is 19.3 Å². The summed E-state index contributed by atoms with van der Waals surface area (Å²) < 4.78 is 1.01. The first-order valence-electron chi connectivity index (χ1n) is 7.25. The van der Waals surface area contributed by atoms with Crippen LogP contribution in [-0.4, -0.2) is 17.1 Å². The number of halogens is 1. The minimum atomic E-state index is 0.0429. The molecule has 0 unspecified atom stereocenters. The third-order valence-electron chi connectivity index (χ3n) is 4.28. The van der Waals surface area contributed by atoms with Crippen molar-refractivity contribution in [2.24, 2.45) is 5.73 Å². The fourth-order valence-corrected chi connectivity index (χ4v) is 3.48. The molecular formula is C16H20BrN3. The second-order valence-corrected chi connectivity index (χ2v) is 6.62. The maximum Gasteiger partial charge on any atom is 0.0934 e. The van der Waals surface area contributed by atoms with Crippen molar-refractivity contribution in [3.63, 3.8) is 0 Å². The molecule has 1 aliphatic rings. The number of hydrogen-bond acceptors (Lipinski definition) is 3. The van der Waals surface area contributed by atoms with E-state index in [4.69, 9.17) is 5.73 Å². The molecule has 0 spiro atoms. The highest BCUT2D eigenvalue weighted by molar-refractivity contribution is 9.10. The molecule has 1 aromatic heterocycles. The highest BCUT2D eigenvalue weighted by Crippen LogP contribution is 2.33. The molecule has 1 aliphatic carbocycles. The van der Waals surface area contributed by atoms with Crippen LogP contribution in [0.3, 0.4) is 0 Å². The molecule has 20 heavy (non-hydrogen) atoms. The van der Waals surface area contributed by atoms with Gasteiger partial charge in [0.2, 0.25) is 0 Å². The van der Waals surface area contributed by atoms with E-state index in [2.05, 4.69) is 50.5 Å². The van der Waals surface area contributed by atoms with Gasteiger partial charge in [0.1, 0.15) is 0 Å². The van der Waals surface area contributed by atoms with Gasteiger partial charge in [0.05, 0.1) is 11.2 Å². The van der Waals surface area contributed by atoms with Crippen LogP contribution in [0.5, 0.6) is 0 Å². The van der Waals surface area contributed by atoms with Crippen molar-refractivity contribution < 1.29 is 0 Å². The van der Waals surface area contributed by atoms with Gasteiger partial charge in [0, 0.05) is 28.1 Å². The van der Waals surface area contributed by atoms with Gasteiger partial charge in [-0.3, -0.25) is 4.98 Å². The zero-order chi connectivity index (χ0) is 14.0. The molecular weight excluding hydrogens is 314 g/mol. The summed E-state index contributed by atoms with van der Waals surface area (Å²) in [6.07, 6.45) is 7.99. The van der Waals surface area contributed by atoms with Gasteiger partial charge in [-0.2, -0.15) is 0 Å². The van der Waals surface area contributed by atoms with Crippen LogP contribution >= 0.6 is 15.9 Å². The second-order valence-electron chi connectivity index (χ2n) is 5.70. The van der Waals surface area contributed by atoms with E-state index in [0.29, 0.717) is 6.54 Å². The minimum absolute atomic E-state index is 0.0429. The van der Waals surface area contributed by atoms with Crippen molar-refractivity contribution in [1.82, 2.24) is 4.98 Å². The Morgan fingerprint density at radius 3 is 2.80 bits per heavy atom. The first kappa shape index (κ1) is 13.8. The Labute approximate surface area is 128 Å². The molecule has 3 rings (SSSR count). The Morgan fingerprint density at radius 1 is 1.25 bits per heavy atom. The number of pyridine rings is 1. The lowest BCUT2D eigenvalue weighted by Gasteiger charge is -2.38. The Hall–Kier alpha value is -1.13. The van der Waals surface area contributed by atoms with Crippen LogP contribution in [0.2, 0.25) is 0 Å². The van der Waals surface area contributed by atoms with E-state index < -0.39 is 0 Å². The van der Waals surface area contributed by atoms with Crippen LogP contribution in [-0.2, 0) is 0 Å². The molecule has 3 N–H and O–H groups in total. The SMILES string of the molecule is NCC1(Nc2cccc3cc(Br)cnc23)CCCCC1. The van der Waals surface area contributed by atoms with E-state index in [0.717, 1.165) is 33.9 Å². The molecule has 0 bridgehead atoms. The zero-order valence-corrected chi connectivity index (χ0v) is 13.1. The molecule has 0 radical (unpaired) electrons. The lowest BCUT2D eigenvalue weighted by Crippen LogP contribution is -2.47. The van der Waals surface area contributed by atoms with Crippen molar-refractivity contribution in [3.8, 4) is 0 Å². The summed E-state index contributed by atoms with van der Waals surface area (Å²) in [5, 5.41) is 4.85. The molecule has 3 nitrogen and oxygen atoms in total. The maximum atomic E-state index is 6.06. The van der Waals surface area contributed by atoms with Gasteiger partial charge in [-0.1, -0.05) is 31.4 Å². The van der Waals surface area contributed by atoms with Gasteiger partial charge in [0.15, 0.2) is 0 Å². The number of anilines is 1. The van der Waals surface area contributed by atoms with Crippen molar-refractivity contribution in [2.75, 3.05) is 11.9 Å². The first-order valence-corrected chi connectivity index (χ1v) is 8.04. The van der Waals surface area contributed by atoms with Gasteiger partial charge in [0.25, 0.3) is 0 Å². The molecule has 1 saturated carbocycles. The van der Waals surface area contributed by atoms with Gasteiger partial charge in [-0.05, 0) is 40.9 Å². The van der Waals surface area contributed by atoms with Crippen LogP contribution in [0, 0.1) is 0 Å². The maximum absolute atomic E-state index is 6.06. The largest absolute Gasteiger partial charge is 0.377 e. The van der Waals surface area contributed by atoms with Crippen molar-refractivity contribution in [1.29, 1.82) is 0 Å². The standard InChI is InChI=1S/C16H20BrN3/c17-13-9-12-5-4-6-14(15(12)19-10-13)20-16(11-18)7-2-1-3-8-16/h4-6,9-10,20H,1-3,7-8,11,18H2. The number of rotatable bonds is 3. The number of nitrogens with two attached hydrogens (primary N) is 1. The molecule has 4 heteroatoms. The first-order chi connectivity index (χ1) is 9.72. The van der Waals surface area contributed by atoms with Crippen LogP contribution in [0.25, 0.3) is 10.9 Å². The number of hydrogen-bond donors (Lipinski definition) is 2. The van der Waals surface area contributed by atoms with E-state index in [-0.39, 0.29) is 5.54 Å². The van der Waals surface area contributed by atoms with Gasteiger partial charge in [-0.25, -0.2) is 0 Å². The second kappa shape index (κ2) is 5.70. The molecule has 2 aromatic rings. The number of nitrogens with one attached hydrogen (secondary N) is 1. The fourth-order valence-electron chi connectivity index (χ4n) is 3.13. The highest BCUT2D eigenvalue weighted by Gasteiger charge is 2.30. The van der Waals surface area contributed by atoms with Gasteiger partial charge in [-0.15, -0.1) is 0 Å². The molecule has 0 saturated heterocycles. The smallest absolute Gasteiger partial charge is 0.0934 e. The molecule has 106 valence electrons. The van der Waals surface area contributed by atoms with E-state index in [1.807, 2.05) is 6.20 Å². The van der Waals surface area contributed by atoms with Crippen LogP contribution in [0.1, 0.15) is 32.1 Å². The molecule has 1 aromatic carbocycles. The summed E-state index contributed by atoms with van der Waals surface area (Å²) in [6, 6.07) is 8.37. The summed E-state index contributed by atoms with van der Waals surface area (Å²) in [5.74, 6) is 0. The molecule has 0 amide bonds. The highest BCUT2D eigenvalue weighted by atomic mass is 79.9. The third kappa shape index (κ3) is 2.67. The molecule has 1 fully saturated rings. The lowest BCUT2D eigenvalue weighted by molar-refractivity contribution is 0.331. The van der Waals surface area contributed by atoms with E-state index >= 15 is 0 Å². The summed E-state index contributed by atoms with van der Waals surface area (Å²) in [5.41, 5.74) is 8.23. The summed E-state index contributed by atoms with van der Waals surface area (Å²) in [4.78, 5) is 4.56. The van der Waals surface area contributed by atoms with Crippen molar-refractivity contribution in [3.05, 3.63) is 34.9 Å². The topological polar surface area (TPSA) is 50.9 Å². The van der Waals surface area contributed by atoms with Crippen LogP contribution < -0.4 is 11.1 Å². The number of para-hydroxylation sites is 1. The lowest BCUT2D eigenvalue weighted by atomic mass is 9.81.